The average molecular weight is 379 g/mol. The number of hydrogen-bond donors (Lipinski definition) is 0. The van der Waals surface area contributed by atoms with Gasteiger partial charge in [-0.15, -0.1) is 11.3 Å². The Morgan fingerprint density at radius 2 is 1.81 bits per heavy atom. The Morgan fingerprint density at radius 1 is 1.04 bits per heavy atom. The van der Waals surface area contributed by atoms with Gasteiger partial charge in [0.15, 0.2) is 5.65 Å². The highest BCUT2D eigenvalue weighted by Gasteiger charge is 2.26. The second-order valence-corrected chi connectivity index (χ2v) is 10.2. The minimum absolute atomic E-state index is 0.0535. The number of aromatic nitrogens is 4. The molecule has 0 saturated heterocycles. The maximum atomic E-state index is 4.78. The van der Waals surface area contributed by atoms with Crippen LogP contribution in [0.2, 0.25) is 0 Å². The molecule has 140 valence electrons. The molecule has 4 rings (SSSR count). The van der Waals surface area contributed by atoms with E-state index in [2.05, 4.69) is 69.8 Å². The van der Waals surface area contributed by atoms with E-state index in [4.69, 9.17) is 4.98 Å². The largest absolute Gasteiger partial charge is 0.241 e. The van der Waals surface area contributed by atoms with Crippen LogP contribution in [0.4, 0.5) is 0 Å². The zero-order valence-corrected chi connectivity index (χ0v) is 17.7. The maximum Gasteiger partial charge on any atom is 0.153 e. The number of benzene rings is 1. The molecule has 0 aliphatic heterocycles. The van der Waals surface area contributed by atoms with E-state index in [1.165, 1.54) is 21.4 Å². The molecule has 0 spiro atoms. The lowest BCUT2D eigenvalue weighted by Gasteiger charge is -2.27. The highest BCUT2D eigenvalue weighted by atomic mass is 32.1. The molecule has 0 aliphatic carbocycles. The topological polar surface area (TPSA) is 43.1 Å². The van der Waals surface area contributed by atoms with Crippen molar-refractivity contribution in [2.45, 2.75) is 58.8 Å². The van der Waals surface area contributed by atoms with Gasteiger partial charge in [0.05, 0.1) is 21.4 Å². The lowest BCUT2D eigenvalue weighted by Crippen LogP contribution is -2.22. The molecule has 27 heavy (non-hydrogen) atoms. The van der Waals surface area contributed by atoms with Gasteiger partial charge in [0.1, 0.15) is 0 Å². The SMILES string of the molecule is Cc1nc2cc(C(C)(C)C)cc(CC(C)(C)c3cnn4ccnc4c3)c2s1. The molecular weight excluding hydrogens is 352 g/mol. The van der Waals surface area contributed by atoms with Gasteiger partial charge in [0.2, 0.25) is 0 Å². The van der Waals surface area contributed by atoms with Gasteiger partial charge >= 0.3 is 0 Å². The number of fused-ring (bicyclic) bond motifs is 2. The number of thiazole rings is 1. The zero-order chi connectivity index (χ0) is 19.4. The van der Waals surface area contributed by atoms with Crippen molar-refractivity contribution < 1.29 is 0 Å². The molecule has 0 saturated carbocycles. The van der Waals surface area contributed by atoms with Gasteiger partial charge in [-0.1, -0.05) is 40.7 Å². The summed E-state index contributed by atoms with van der Waals surface area (Å²) in [5.74, 6) is 0. The molecule has 0 N–H and O–H groups in total. The van der Waals surface area contributed by atoms with Gasteiger partial charge in [-0.05, 0) is 53.0 Å². The number of nitrogens with zero attached hydrogens (tertiary/aromatic N) is 4. The van der Waals surface area contributed by atoms with Crippen molar-refractivity contribution >= 4 is 27.2 Å². The van der Waals surface area contributed by atoms with E-state index in [1.807, 2.05) is 16.9 Å². The van der Waals surface area contributed by atoms with E-state index in [0.717, 1.165) is 22.6 Å². The first-order chi connectivity index (χ1) is 12.6. The number of imidazole rings is 1. The summed E-state index contributed by atoms with van der Waals surface area (Å²) in [5, 5.41) is 5.64. The monoisotopic (exact) mass is 378 g/mol. The summed E-state index contributed by atoms with van der Waals surface area (Å²) in [7, 11) is 0. The fourth-order valence-electron chi connectivity index (χ4n) is 3.54. The van der Waals surface area contributed by atoms with Crippen LogP contribution in [0.1, 0.15) is 56.3 Å². The van der Waals surface area contributed by atoms with Crippen LogP contribution in [-0.2, 0) is 17.3 Å². The van der Waals surface area contributed by atoms with Crippen LogP contribution >= 0.6 is 11.3 Å². The minimum atomic E-state index is -0.0535. The van der Waals surface area contributed by atoms with E-state index in [0.29, 0.717) is 0 Å². The second-order valence-electron chi connectivity index (χ2n) is 9.00. The highest BCUT2D eigenvalue weighted by molar-refractivity contribution is 7.18. The predicted octanol–water partition coefficient (Wildman–Crippen LogP) is 5.47. The fraction of sp³-hybridized carbons (Fsp3) is 0.409. The highest BCUT2D eigenvalue weighted by Crippen LogP contribution is 2.36. The first-order valence-corrected chi connectivity index (χ1v) is 10.2. The van der Waals surface area contributed by atoms with Crippen molar-refractivity contribution in [2.24, 2.45) is 0 Å². The zero-order valence-electron chi connectivity index (χ0n) is 16.9. The molecule has 0 unspecified atom stereocenters. The van der Waals surface area contributed by atoms with Gasteiger partial charge < -0.3 is 0 Å². The van der Waals surface area contributed by atoms with E-state index >= 15 is 0 Å². The van der Waals surface area contributed by atoms with Crippen LogP contribution in [-0.4, -0.2) is 19.6 Å². The maximum absolute atomic E-state index is 4.78. The number of rotatable bonds is 3. The Hall–Kier alpha value is -2.27. The first-order valence-electron chi connectivity index (χ1n) is 9.34. The third kappa shape index (κ3) is 3.36. The van der Waals surface area contributed by atoms with Crippen LogP contribution in [0.15, 0.2) is 36.8 Å². The van der Waals surface area contributed by atoms with Crippen molar-refractivity contribution in [3.63, 3.8) is 0 Å². The van der Waals surface area contributed by atoms with Crippen LogP contribution in [0, 0.1) is 6.92 Å². The number of hydrogen-bond acceptors (Lipinski definition) is 4. The van der Waals surface area contributed by atoms with Gasteiger partial charge in [-0.2, -0.15) is 5.10 Å². The molecule has 4 aromatic rings. The van der Waals surface area contributed by atoms with E-state index in [1.54, 1.807) is 17.5 Å². The Labute approximate surface area is 164 Å². The third-order valence-electron chi connectivity index (χ3n) is 5.21. The molecule has 0 fully saturated rings. The molecular formula is C22H26N4S. The summed E-state index contributed by atoms with van der Waals surface area (Å²) in [6.07, 6.45) is 6.57. The molecule has 0 bridgehead atoms. The van der Waals surface area contributed by atoms with Crippen LogP contribution in [0.5, 0.6) is 0 Å². The van der Waals surface area contributed by atoms with Gasteiger partial charge in [-0.3, -0.25) is 0 Å². The standard InChI is InChI=1S/C22H26N4S/c1-14-25-18-10-16(21(2,3)4)9-15(20(18)27-14)12-22(5,6)17-11-19-23-7-8-26(19)24-13-17/h7-11,13H,12H2,1-6H3. The van der Waals surface area contributed by atoms with Crippen LogP contribution < -0.4 is 0 Å². The second kappa shape index (κ2) is 6.13. The van der Waals surface area contributed by atoms with Crippen LogP contribution in [0.25, 0.3) is 15.9 Å². The Morgan fingerprint density at radius 3 is 2.56 bits per heavy atom. The van der Waals surface area contributed by atoms with Crippen molar-refractivity contribution in [3.8, 4) is 0 Å². The van der Waals surface area contributed by atoms with Crippen molar-refractivity contribution in [3.05, 3.63) is 58.5 Å². The Balaban J connectivity index is 1.81. The molecule has 0 amide bonds. The van der Waals surface area contributed by atoms with Gasteiger partial charge in [0, 0.05) is 12.4 Å². The Bertz CT molecular complexity index is 1130. The molecule has 0 aliphatic rings. The summed E-state index contributed by atoms with van der Waals surface area (Å²) in [4.78, 5) is 9.17. The summed E-state index contributed by atoms with van der Waals surface area (Å²) in [6, 6.07) is 6.78. The van der Waals surface area contributed by atoms with Crippen molar-refractivity contribution in [2.75, 3.05) is 0 Å². The molecule has 3 aromatic heterocycles. The molecule has 0 radical (unpaired) electrons. The molecule has 3 heterocycles. The minimum Gasteiger partial charge on any atom is -0.241 e. The van der Waals surface area contributed by atoms with Crippen molar-refractivity contribution in [1.29, 1.82) is 0 Å². The molecule has 1 aromatic carbocycles. The smallest absolute Gasteiger partial charge is 0.153 e. The normalized spacial score (nSPS) is 13.0. The summed E-state index contributed by atoms with van der Waals surface area (Å²) in [6.45, 7) is 13.4. The van der Waals surface area contributed by atoms with E-state index < -0.39 is 0 Å². The average Bonchev–Trinajstić information content (AvgIpc) is 3.18. The lowest BCUT2D eigenvalue weighted by molar-refractivity contribution is 0.518. The van der Waals surface area contributed by atoms with E-state index in [9.17, 15) is 0 Å². The fourth-order valence-corrected chi connectivity index (χ4v) is 4.45. The van der Waals surface area contributed by atoms with Crippen molar-refractivity contribution in [1.82, 2.24) is 19.6 Å². The molecule has 4 nitrogen and oxygen atoms in total. The number of aryl methyl sites for hydroxylation is 1. The summed E-state index contributed by atoms with van der Waals surface area (Å²) in [5.41, 5.74) is 5.98. The Kier molecular flexibility index (Phi) is 4.11. The molecule has 5 heteroatoms. The lowest BCUT2D eigenvalue weighted by atomic mass is 9.78. The predicted molar refractivity (Wildman–Crippen MR) is 113 cm³/mol. The van der Waals surface area contributed by atoms with E-state index in [-0.39, 0.29) is 10.8 Å². The van der Waals surface area contributed by atoms with Gasteiger partial charge in [0.25, 0.3) is 0 Å². The van der Waals surface area contributed by atoms with Gasteiger partial charge in [-0.25, -0.2) is 14.5 Å². The van der Waals surface area contributed by atoms with Crippen LogP contribution in [0.3, 0.4) is 0 Å². The molecule has 0 atom stereocenters. The quantitative estimate of drug-likeness (QED) is 0.475. The summed E-state index contributed by atoms with van der Waals surface area (Å²) < 4.78 is 3.12. The third-order valence-corrected chi connectivity index (χ3v) is 6.27. The first kappa shape index (κ1) is 18.1. The summed E-state index contributed by atoms with van der Waals surface area (Å²) >= 11 is 1.79.